The van der Waals surface area contributed by atoms with Crippen LogP contribution in [0.5, 0.6) is 0 Å². The van der Waals surface area contributed by atoms with Crippen molar-refractivity contribution in [1.82, 2.24) is 29.5 Å². The van der Waals surface area contributed by atoms with Crippen LogP contribution < -0.4 is 4.90 Å². The molecule has 2 aliphatic rings. The van der Waals surface area contributed by atoms with E-state index in [2.05, 4.69) is 48.5 Å². The summed E-state index contributed by atoms with van der Waals surface area (Å²) in [5.41, 5.74) is 0.650. The van der Waals surface area contributed by atoms with Gasteiger partial charge < -0.3 is 14.4 Å². The van der Waals surface area contributed by atoms with Gasteiger partial charge in [-0.25, -0.2) is 4.39 Å². The number of hydrogen-bond donors (Lipinski definition) is 0. The second-order valence-corrected chi connectivity index (χ2v) is 7.70. The molecule has 0 aliphatic carbocycles. The van der Waals surface area contributed by atoms with Crippen molar-refractivity contribution in [2.24, 2.45) is 7.05 Å². The monoisotopic (exact) mass is 373 g/mol. The fraction of sp³-hybridized carbons (Fsp3) is 0.632. The van der Waals surface area contributed by atoms with Crippen LogP contribution in [-0.2, 0) is 13.6 Å². The summed E-state index contributed by atoms with van der Waals surface area (Å²) in [4.78, 5) is 10.8. The second kappa shape index (κ2) is 7.90. The fourth-order valence-corrected chi connectivity index (χ4v) is 4.08. The van der Waals surface area contributed by atoms with Crippen molar-refractivity contribution in [1.29, 1.82) is 0 Å². The number of anilines is 1. The summed E-state index contributed by atoms with van der Waals surface area (Å²) in [5.74, 6) is 2.24. The van der Waals surface area contributed by atoms with E-state index in [4.69, 9.17) is 0 Å². The predicted octanol–water partition coefficient (Wildman–Crippen LogP) is 1.48. The highest BCUT2D eigenvalue weighted by atomic mass is 19.1. The molecule has 146 valence electrons. The molecule has 4 rings (SSSR count). The van der Waals surface area contributed by atoms with E-state index in [0.29, 0.717) is 11.6 Å². The van der Waals surface area contributed by atoms with Gasteiger partial charge in [0.05, 0.1) is 18.4 Å². The molecule has 0 unspecified atom stereocenters. The van der Waals surface area contributed by atoms with Crippen LogP contribution >= 0.6 is 0 Å². The van der Waals surface area contributed by atoms with Crippen LogP contribution in [0, 0.1) is 5.82 Å². The fourth-order valence-electron chi connectivity index (χ4n) is 4.08. The Morgan fingerprint density at radius 3 is 2.48 bits per heavy atom. The van der Waals surface area contributed by atoms with Gasteiger partial charge >= 0.3 is 0 Å². The van der Waals surface area contributed by atoms with Gasteiger partial charge in [0.25, 0.3) is 0 Å². The summed E-state index contributed by atoms with van der Waals surface area (Å²) in [7, 11) is 4.25. The lowest BCUT2D eigenvalue weighted by Crippen LogP contribution is -2.44. The third-order valence-corrected chi connectivity index (χ3v) is 5.91. The Hall–Kier alpha value is -2.06. The maximum absolute atomic E-state index is 14.0. The molecule has 0 spiro atoms. The quantitative estimate of drug-likeness (QED) is 0.809. The van der Waals surface area contributed by atoms with Crippen LogP contribution in [0.25, 0.3) is 0 Å². The molecule has 2 saturated heterocycles. The first-order valence-electron chi connectivity index (χ1n) is 9.75. The number of nitrogens with zero attached hydrogens (tertiary/aromatic N) is 7. The first kappa shape index (κ1) is 18.3. The normalized spacial score (nSPS) is 20.3. The van der Waals surface area contributed by atoms with Gasteiger partial charge in [-0.05, 0) is 26.0 Å². The van der Waals surface area contributed by atoms with Gasteiger partial charge in [-0.2, -0.15) is 0 Å². The van der Waals surface area contributed by atoms with E-state index in [1.165, 1.54) is 6.20 Å². The molecule has 0 bridgehead atoms. The van der Waals surface area contributed by atoms with E-state index in [9.17, 15) is 4.39 Å². The minimum Gasteiger partial charge on any atom is -0.369 e. The topological polar surface area (TPSA) is 53.3 Å². The van der Waals surface area contributed by atoms with Crippen LogP contribution in [0.2, 0.25) is 0 Å². The number of halogens is 1. The number of rotatable bonds is 4. The van der Waals surface area contributed by atoms with Crippen LogP contribution in [0.4, 0.5) is 10.1 Å². The highest BCUT2D eigenvalue weighted by Gasteiger charge is 2.27. The Bertz CT molecular complexity index is 761. The molecule has 7 nitrogen and oxygen atoms in total. The van der Waals surface area contributed by atoms with Crippen LogP contribution in [0.15, 0.2) is 18.5 Å². The van der Waals surface area contributed by atoms with Crippen molar-refractivity contribution in [2.75, 3.05) is 51.2 Å². The number of hydrogen-bond acceptors (Lipinski definition) is 6. The molecule has 0 radical (unpaired) electrons. The molecular weight excluding hydrogens is 345 g/mol. The van der Waals surface area contributed by atoms with Gasteiger partial charge in [0.2, 0.25) is 0 Å². The molecular formula is C19H28FN7. The number of piperidine rings is 1. The van der Waals surface area contributed by atoms with E-state index < -0.39 is 0 Å². The molecule has 27 heavy (non-hydrogen) atoms. The summed E-state index contributed by atoms with van der Waals surface area (Å²) >= 11 is 0. The minimum atomic E-state index is -0.246. The molecule has 0 aromatic carbocycles. The lowest BCUT2D eigenvalue weighted by Gasteiger charge is -2.33. The lowest BCUT2D eigenvalue weighted by atomic mass is 9.95. The van der Waals surface area contributed by atoms with Crippen LogP contribution in [0.3, 0.4) is 0 Å². The average Bonchev–Trinajstić information content (AvgIpc) is 3.05. The van der Waals surface area contributed by atoms with Gasteiger partial charge in [0.1, 0.15) is 11.6 Å². The third kappa shape index (κ3) is 3.96. The van der Waals surface area contributed by atoms with E-state index in [1.807, 2.05) is 0 Å². The molecule has 0 amide bonds. The molecule has 0 N–H and O–H groups in total. The molecule has 2 aromatic heterocycles. The molecule has 0 atom stereocenters. The van der Waals surface area contributed by atoms with Crippen molar-refractivity contribution in [3.63, 3.8) is 0 Å². The third-order valence-electron chi connectivity index (χ3n) is 5.91. The van der Waals surface area contributed by atoms with Crippen LogP contribution in [0.1, 0.15) is 30.4 Å². The van der Waals surface area contributed by atoms with Crippen molar-refractivity contribution in [2.45, 2.75) is 25.3 Å². The lowest BCUT2D eigenvalue weighted by molar-refractivity contribution is 0.144. The highest BCUT2D eigenvalue weighted by Crippen LogP contribution is 2.30. The molecule has 2 fully saturated rings. The van der Waals surface area contributed by atoms with Gasteiger partial charge in [-0.3, -0.25) is 9.88 Å². The molecule has 4 heterocycles. The zero-order valence-electron chi connectivity index (χ0n) is 16.2. The van der Waals surface area contributed by atoms with Crippen molar-refractivity contribution >= 4 is 5.69 Å². The maximum atomic E-state index is 14.0. The molecule has 2 aromatic rings. The van der Waals surface area contributed by atoms with Gasteiger partial charge in [-0.1, -0.05) is 0 Å². The largest absolute Gasteiger partial charge is 0.369 e. The molecule has 0 saturated carbocycles. The van der Waals surface area contributed by atoms with Gasteiger partial charge in [-0.15, -0.1) is 10.2 Å². The summed E-state index contributed by atoms with van der Waals surface area (Å²) in [6.45, 7) is 6.88. The summed E-state index contributed by atoms with van der Waals surface area (Å²) < 4.78 is 16.1. The Morgan fingerprint density at radius 2 is 1.78 bits per heavy atom. The smallest absolute Gasteiger partial charge is 0.164 e. The van der Waals surface area contributed by atoms with E-state index in [0.717, 1.165) is 70.3 Å². The predicted molar refractivity (Wildman–Crippen MR) is 102 cm³/mol. The number of likely N-dealkylation sites (N-methyl/N-ethyl adjacent to an activating group) is 1. The van der Waals surface area contributed by atoms with E-state index in [1.54, 1.807) is 12.3 Å². The Kier molecular flexibility index (Phi) is 5.36. The van der Waals surface area contributed by atoms with Gasteiger partial charge in [0.15, 0.2) is 5.82 Å². The van der Waals surface area contributed by atoms with Crippen LogP contribution in [-0.4, -0.2) is 75.9 Å². The maximum Gasteiger partial charge on any atom is 0.164 e. The summed E-state index contributed by atoms with van der Waals surface area (Å²) in [6.07, 6.45) is 4.86. The SMILES string of the molecule is CN1CCN(Cc2nnc(C3CCN(c4ccncc4F)CC3)n2C)CC1. The van der Waals surface area contributed by atoms with Crippen molar-refractivity contribution in [3.05, 3.63) is 35.9 Å². The highest BCUT2D eigenvalue weighted by molar-refractivity contribution is 5.46. The Morgan fingerprint density at radius 1 is 1.04 bits per heavy atom. The first-order valence-corrected chi connectivity index (χ1v) is 9.75. The Balaban J connectivity index is 1.37. The zero-order valence-corrected chi connectivity index (χ0v) is 16.2. The number of pyridine rings is 1. The molecule has 8 heteroatoms. The average molecular weight is 373 g/mol. The van der Waals surface area contributed by atoms with E-state index in [-0.39, 0.29) is 5.82 Å². The van der Waals surface area contributed by atoms with E-state index >= 15 is 0 Å². The number of piperazine rings is 1. The van der Waals surface area contributed by atoms with Crippen molar-refractivity contribution in [3.8, 4) is 0 Å². The molecule has 2 aliphatic heterocycles. The first-order chi connectivity index (χ1) is 13.1. The second-order valence-electron chi connectivity index (χ2n) is 7.70. The van der Waals surface area contributed by atoms with Crippen molar-refractivity contribution < 1.29 is 4.39 Å². The summed E-state index contributed by atoms with van der Waals surface area (Å²) in [5, 5.41) is 8.98. The standard InChI is InChI=1S/C19H28FN7/c1-24-9-11-26(12-10-24)14-18-22-23-19(25(18)2)15-4-7-27(8-5-15)17-3-6-21-13-16(17)20/h3,6,13,15H,4-5,7-12,14H2,1-2H3. The Labute approximate surface area is 159 Å². The minimum absolute atomic E-state index is 0.246. The number of aromatic nitrogens is 4. The zero-order chi connectivity index (χ0) is 18.8. The van der Waals surface area contributed by atoms with Gasteiger partial charge in [0, 0.05) is 58.4 Å². The summed E-state index contributed by atoms with van der Waals surface area (Å²) in [6, 6.07) is 1.76.